The summed E-state index contributed by atoms with van der Waals surface area (Å²) in [6.07, 6.45) is 4.39. The van der Waals surface area contributed by atoms with E-state index in [0.717, 1.165) is 6.07 Å². The molecular weight excluding hydrogens is 385 g/mol. The van der Waals surface area contributed by atoms with E-state index in [-0.39, 0.29) is 34.0 Å². The first-order valence-electron chi connectivity index (χ1n) is 8.48. The number of aliphatic hydroxyl groups is 1. The molecule has 144 valence electrons. The number of nitrogens with one attached hydrogen (secondary N) is 2. The van der Waals surface area contributed by atoms with Crippen molar-refractivity contribution in [3.63, 3.8) is 0 Å². The van der Waals surface area contributed by atoms with Gasteiger partial charge in [-0.25, -0.2) is 14.9 Å². The molecule has 2 heterocycles. The summed E-state index contributed by atoms with van der Waals surface area (Å²) in [5.41, 5.74) is 3.24. The Balaban J connectivity index is 1.96. The lowest BCUT2D eigenvalue weighted by molar-refractivity contribution is -0.0133. The largest absolute Gasteiger partial charge is 0.391 e. The van der Waals surface area contributed by atoms with Crippen LogP contribution >= 0.6 is 11.6 Å². The third kappa shape index (κ3) is 4.27. The number of hydrogen-bond donors (Lipinski definition) is 3. The van der Waals surface area contributed by atoms with Crippen LogP contribution in [0, 0.1) is 5.82 Å². The molecule has 28 heavy (non-hydrogen) atoms. The smallest absolute Gasteiger partial charge is 0.278 e. The monoisotopic (exact) mass is 402 g/mol. The number of carbonyl (C=O) groups excluding carboxylic acids is 1. The predicted octanol–water partition coefficient (Wildman–Crippen LogP) is 2.10. The summed E-state index contributed by atoms with van der Waals surface area (Å²) in [4.78, 5) is 21.8. The predicted molar refractivity (Wildman–Crippen MR) is 105 cm³/mol. The van der Waals surface area contributed by atoms with Gasteiger partial charge in [-0.15, -0.1) is 0 Å². The molecule has 0 aliphatic rings. The van der Waals surface area contributed by atoms with Crippen molar-refractivity contribution in [2.75, 3.05) is 11.9 Å². The van der Waals surface area contributed by atoms with E-state index in [1.165, 1.54) is 24.5 Å². The SMILES string of the molecule is [B]c1ccc(Nc2c(C(=O)NOC[C@H](O)CC)cn3ccnc3c2Cl)c(F)c1. The van der Waals surface area contributed by atoms with E-state index in [1.807, 2.05) is 0 Å². The molecule has 3 aromatic rings. The maximum Gasteiger partial charge on any atom is 0.278 e. The van der Waals surface area contributed by atoms with E-state index in [4.69, 9.17) is 24.3 Å². The minimum Gasteiger partial charge on any atom is -0.391 e. The van der Waals surface area contributed by atoms with Gasteiger partial charge in [0.15, 0.2) is 5.65 Å². The lowest BCUT2D eigenvalue weighted by Crippen LogP contribution is -2.29. The molecule has 0 unspecified atom stereocenters. The Bertz CT molecular complexity index is 1010. The van der Waals surface area contributed by atoms with Gasteiger partial charge in [0.05, 0.1) is 23.0 Å². The van der Waals surface area contributed by atoms with E-state index >= 15 is 0 Å². The van der Waals surface area contributed by atoms with Gasteiger partial charge >= 0.3 is 0 Å². The van der Waals surface area contributed by atoms with Gasteiger partial charge in [-0.1, -0.05) is 30.1 Å². The summed E-state index contributed by atoms with van der Waals surface area (Å²) < 4.78 is 15.8. The standard InChI is InChI=1S/C18H17BClFN4O3/c1-2-11(26)9-28-24-18(27)12-8-25-6-5-22-17(25)15(20)16(12)23-14-4-3-10(19)7-13(14)21/h3-8,11,23,26H,2,9H2,1H3,(H,24,27)/t11-/m1/s1. The molecule has 2 radical (unpaired) electrons. The van der Waals surface area contributed by atoms with Crippen molar-refractivity contribution < 1.29 is 19.1 Å². The van der Waals surface area contributed by atoms with Gasteiger partial charge in [-0.3, -0.25) is 9.63 Å². The summed E-state index contributed by atoms with van der Waals surface area (Å²) >= 11 is 6.42. The zero-order valence-electron chi connectivity index (χ0n) is 14.9. The van der Waals surface area contributed by atoms with Crippen molar-refractivity contribution >= 4 is 47.8 Å². The highest BCUT2D eigenvalue weighted by molar-refractivity contribution is 6.37. The van der Waals surface area contributed by atoms with Gasteiger partial charge in [0, 0.05) is 18.6 Å². The van der Waals surface area contributed by atoms with E-state index in [1.54, 1.807) is 17.5 Å². The van der Waals surface area contributed by atoms with Crippen LogP contribution in [0.2, 0.25) is 5.02 Å². The molecule has 3 N–H and O–H groups in total. The Morgan fingerprint density at radius 2 is 2.29 bits per heavy atom. The number of anilines is 2. The molecule has 1 atom stereocenters. The van der Waals surface area contributed by atoms with E-state index < -0.39 is 17.8 Å². The summed E-state index contributed by atoms with van der Waals surface area (Å²) in [5.74, 6) is -1.23. The Morgan fingerprint density at radius 1 is 1.50 bits per heavy atom. The number of imidazole rings is 1. The molecule has 0 saturated heterocycles. The van der Waals surface area contributed by atoms with Crippen molar-refractivity contribution in [1.29, 1.82) is 0 Å². The van der Waals surface area contributed by atoms with Gasteiger partial charge in [-0.05, 0) is 18.6 Å². The first-order chi connectivity index (χ1) is 13.4. The van der Waals surface area contributed by atoms with Crippen LogP contribution in [-0.2, 0) is 4.84 Å². The third-order valence-corrected chi connectivity index (χ3v) is 4.39. The van der Waals surface area contributed by atoms with Crippen LogP contribution < -0.4 is 16.3 Å². The Morgan fingerprint density at radius 3 is 3.00 bits per heavy atom. The fourth-order valence-electron chi connectivity index (χ4n) is 2.46. The number of halogens is 2. The maximum absolute atomic E-state index is 14.2. The van der Waals surface area contributed by atoms with Crippen molar-refractivity contribution in [2.24, 2.45) is 0 Å². The van der Waals surface area contributed by atoms with Crippen LogP contribution in [0.25, 0.3) is 5.65 Å². The van der Waals surface area contributed by atoms with E-state index in [0.29, 0.717) is 12.1 Å². The lowest BCUT2D eigenvalue weighted by Gasteiger charge is -2.16. The number of fused-ring (bicyclic) bond motifs is 1. The van der Waals surface area contributed by atoms with Gasteiger partial charge in [0.2, 0.25) is 0 Å². The topological polar surface area (TPSA) is 87.9 Å². The number of carbonyl (C=O) groups is 1. The van der Waals surface area contributed by atoms with Crippen LogP contribution in [-0.4, -0.2) is 41.0 Å². The second-order valence-corrected chi connectivity index (χ2v) is 6.44. The quantitative estimate of drug-likeness (QED) is 0.416. The van der Waals surface area contributed by atoms with Crippen LogP contribution in [0.5, 0.6) is 0 Å². The van der Waals surface area contributed by atoms with Crippen LogP contribution in [0.4, 0.5) is 15.8 Å². The molecule has 3 rings (SSSR count). The fraction of sp³-hybridized carbons (Fsp3) is 0.222. The molecule has 0 saturated carbocycles. The van der Waals surface area contributed by atoms with Gasteiger partial charge in [0.1, 0.15) is 25.3 Å². The molecule has 0 aliphatic carbocycles. The molecule has 7 nitrogen and oxygen atoms in total. The van der Waals surface area contributed by atoms with E-state index in [9.17, 15) is 14.3 Å². The zero-order chi connectivity index (χ0) is 20.3. The number of benzene rings is 1. The minimum absolute atomic E-state index is 0.0708. The highest BCUT2D eigenvalue weighted by atomic mass is 35.5. The average molecular weight is 403 g/mol. The summed E-state index contributed by atoms with van der Waals surface area (Å²) in [6, 6.07) is 4.11. The summed E-state index contributed by atoms with van der Waals surface area (Å²) in [7, 11) is 5.57. The molecule has 0 aliphatic heterocycles. The molecule has 1 amide bonds. The molecule has 1 aromatic carbocycles. The second-order valence-electron chi connectivity index (χ2n) is 6.06. The number of rotatable bonds is 7. The van der Waals surface area contributed by atoms with Crippen molar-refractivity contribution in [3.8, 4) is 0 Å². The molecule has 2 aromatic heterocycles. The first-order valence-corrected chi connectivity index (χ1v) is 8.86. The van der Waals surface area contributed by atoms with Crippen LogP contribution in [0.1, 0.15) is 23.7 Å². The number of amides is 1. The minimum atomic E-state index is -0.707. The van der Waals surface area contributed by atoms with Crippen LogP contribution in [0.3, 0.4) is 0 Å². The van der Waals surface area contributed by atoms with Gasteiger partial charge < -0.3 is 14.8 Å². The second kappa shape index (κ2) is 8.60. The number of aromatic nitrogens is 2. The normalized spacial score (nSPS) is 12.1. The van der Waals surface area contributed by atoms with Crippen molar-refractivity contribution in [3.05, 3.63) is 53.2 Å². The van der Waals surface area contributed by atoms with Crippen LogP contribution in [0.15, 0.2) is 36.8 Å². The maximum atomic E-state index is 14.2. The van der Waals surface area contributed by atoms with Gasteiger partial charge in [-0.2, -0.15) is 0 Å². The summed E-state index contributed by atoms with van der Waals surface area (Å²) in [6.45, 7) is 1.71. The zero-order valence-corrected chi connectivity index (χ0v) is 15.7. The molecule has 0 spiro atoms. The van der Waals surface area contributed by atoms with Crippen molar-refractivity contribution in [2.45, 2.75) is 19.4 Å². The number of pyridine rings is 1. The molecule has 10 heteroatoms. The Kier molecular flexibility index (Phi) is 6.18. The van der Waals surface area contributed by atoms with E-state index in [2.05, 4.69) is 15.8 Å². The highest BCUT2D eigenvalue weighted by Gasteiger charge is 2.20. The fourth-order valence-corrected chi connectivity index (χ4v) is 2.75. The highest BCUT2D eigenvalue weighted by Crippen LogP contribution is 2.33. The third-order valence-electron chi connectivity index (χ3n) is 4.03. The number of hydroxylamine groups is 1. The molecule has 0 bridgehead atoms. The number of hydrogen-bond acceptors (Lipinski definition) is 5. The molecular formula is C18H17BClFN4O3. The Labute approximate surface area is 166 Å². The number of aliphatic hydroxyl groups excluding tert-OH is 1. The number of nitrogens with zero attached hydrogens (tertiary/aromatic N) is 2. The molecule has 0 fully saturated rings. The summed E-state index contributed by atoms with van der Waals surface area (Å²) in [5, 5.41) is 12.5. The average Bonchev–Trinajstić information content (AvgIpc) is 3.14. The van der Waals surface area contributed by atoms with Gasteiger partial charge in [0.25, 0.3) is 5.91 Å². The first kappa shape index (κ1) is 20.1. The van der Waals surface area contributed by atoms with Crippen molar-refractivity contribution in [1.82, 2.24) is 14.9 Å². The lowest BCUT2D eigenvalue weighted by atomic mass is 9.96. The Hall–Kier alpha value is -2.62.